The highest BCUT2D eigenvalue weighted by atomic mass is 16.2. The summed E-state index contributed by atoms with van der Waals surface area (Å²) in [6, 6.07) is 12.5. The third-order valence-corrected chi connectivity index (χ3v) is 5.40. The summed E-state index contributed by atoms with van der Waals surface area (Å²) in [5.41, 5.74) is 3.75. The van der Waals surface area contributed by atoms with E-state index in [-0.39, 0.29) is 11.5 Å². The molecular weight excluding hydrogens is 376 g/mol. The van der Waals surface area contributed by atoms with E-state index in [1.807, 2.05) is 50.2 Å². The minimum Gasteiger partial charge on any atom is -0.352 e. The highest BCUT2D eigenvalue weighted by Crippen LogP contribution is 2.26. The normalized spacial score (nSPS) is 17.1. The maximum absolute atomic E-state index is 13.3. The lowest BCUT2D eigenvalue weighted by Crippen LogP contribution is -2.52. The third-order valence-electron chi connectivity index (χ3n) is 5.40. The van der Waals surface area contributed by atoms with Crippen LogP contribution in [0.2, 0.25) is 0 Å². The highest BCUT2D eigenvalue weighted by Gasteiger charge is 2.35. The molecule has 1 atom stereocenters. The Bertz CT molecular complexity index is 1010. The number of nitriles is 1. The van der Waals surface area contributed by atoms with Gasteiger partial charge in [-0.05, 0) is 43.0 Å². The van der Waals surface area contributed by atoms with Crippen molar-refractivity contribution < 1.29 is 9.59 Å². The number of hydrogen-bond acceptors (Lipinski definition) is 3. The topological polar surface area (TPSA) is 78.1 Å². The Balaban J connectivity index is 1.96. The second-order valence-electron chi connectivity index (χ2n) is 8.10. The fraction of sp³-hybridized carbons (Fsp3) is 0.375. The molecule has 1 saturated heterocycles. The summed E-state index contributed by atoms with van der Waals surface area (Å²) in [6.45, 7) is 9.95. The summed E-state index contributed by atoms with van der Waals surface area (Å²) in [6.07, 6.45) is 1.65. The summed E-state index contributed by atoms with van der Waals surface area (Å²) < 4.78 is 2.21. The molecule has 1 aliphatic rings. The van der Waals surface area contributed by atoms with Crippen LogP contribution < -0.4 is 5.32 Å². The lowest BCUT2D eigenvalue weighted by Gasteiger charge is -2.35. The van der Waals surface area contributed by atoms with Gasteiger partial charge in [0.1, 0.15) is 17.7 Å². The maximum Gasteiger partial charge on any atom is 0.265 e. The van der Waals surface area contributed by atoms with Crippen LogP contribution >= 0.6 is 0 Å². The van der Waals surface area contributed by atoms with Crippen LogP contribution in [0, 0.1) is 31.1 Å². The van der Waals surface area contributed by atoms with Gasteiger partial charge in [0.2, 0.25) is 5.91 Å². The lowest BCUT2D eigenvalue weighted by molar-refractivity contribution is -0.140. The van der Waals surface area contributed by atoms with E-state index in [0.717, 1.165) is 29.1 Å². The first-order valence-electron chi connectivity index (χ1n) is 10.3. The molecule has 1 unspecified atom stereocenters. The average Bonchev–Trinajstić information content (AvgIpc) is 2.98. The van der Waals surface area contributed by atoms with Gasteiger partial charge in [-0.1, -0.05) is 44.2 Å². The number of carbonyl (C=O) groups excluding carboxylic acids is 2. The van der Waals surface area contributed by atoms with Crippen LogP contribution in [0.15, 0.2) is 42.0 Å². The van der Waals surface area contributed by atoms with Crippen molar-refractivity contribution in [3.63, 3.8) is 0 Å². The van der Waals surface area contributed by atoms with Crippen LogP contribution in [0.4, 0.5) is 0 Å². The molecule has 2 amide bonds. The summed E-state index contributed by atoms with van der Waals surface area (Å²) in [7, 11) is 0. The summed E-state index contributed by atoms with van der Waals surface area (Å²) >= 11 is 0. The van der Waals surface area contributed by atoms with Crippen LogP contribution in [0.1, 0.15) is 42.4 Å². The Labute approximate surface area is 177 Å². The molecule has 2 aromatic rings. The number of nitrogens with one attached hydrogen (secondary N) is 1. The molecule has 1 N–H and O–H groups in total. The molecule has 156 valence electrons. The van der Waals surface area contributed by atoms with Gasteiger partial charge in [0, 0.05) is 31.0 Å². The van der Waals surface area contributed by atoms with Gasteiger partial charge >= 0.3 is 0 Å². The molecule has 1 aromatic carbocycles. The van der Waals surface area contributed by atoms with Gasteiger partial charge in [-0.15, -0.1) is 0 Å². The van der Waals surface area contributed by atoms with E-state index in [4.69, 9.17) is 0 Å². The van der Waals surface area contributed by atoms with Crippen molar-refractivity contribution in [2.24, 2.45) is 5.92 Å². The highest BCUT2D eigenvalue weighted by molar-refractivity contribution is 6.04. The van der Waals surface area contributed by atoms with Crippen LogP contribution in [-0.4, -0.2) is 34.4 Å². The van der Waals surface area contributed by atoms with E-state index in [2.05, 4.69) is 29.8 Å². The molecule has 1 fully saturated rings. The van der Waals surface area contributed by atoms with E-state index in [0.29, 0.717) is 19.0 Å². The van der Waals surface area contributed by atoms with Crippen molar-refractivity contribution in [2.75, 3.05) is 13.1 Å². The summed E-state index contributed by atoms with van der Waals surface area (Å²) in [4.78, 5) is 27.4. The van der Waals surface area contributed by atoms with Crippen molar-refractivity contribution in [1.29, 1.82) is 5.26 Å². The molecule has 0 bridgehead atoms. The molecule has 3 rings (SSSR count). The number of rotatable bonds is 5. The number of carbonyl (C=O) groups is 2. The fourth-order valence-corrected chi connectivity index (χ4v) is 3.92. The summed E-state index contributed by atoms with van der Waals surface area (Å²) in [5.74, 6) is -0.162. The Hall–Kier alpha value is -3.33. The van der Waals surface area contributed by atoms with Gasteiger partial charge in [-0.3, -0.25) is 9.59 Å². The lowest BCUT2D eigenvalue weighted by atomic mass is 10.0. The minimum atomic E-state index is -0.738. The number of benzene rings is 1. The van der Waals surface area contributed by atoms with Crippen molar-refractivity contribution in [2.45, 2.75) is 40.3 Å². The first-order valence-corrected chi connectivity index (χ1v) is 10.3. The monoisotopic (exact) mass is 404 g/mol. The van der Waals surface area contributed by atoms with Gasteiger partial charge in [0.15, 0.2) is 0 Å². The zero-order valence-electron chi connectivity index (χ0n) is 18.0. The third kappa shape index (κ3) is 4.30. The number of piperazine rings is 1. The SMILES string of the molecule is Cc1cc(/C=C(/C#N)C(=O)N2CCNC(=O)C2c2ccccc2)c(C)n1CC(C)C. The first-order chi connectivity index (χ1) is 14.3. The van der Waals surface area contributed by atoms with Crippen molar-refractivity contribution in [3.8, 4) is 6.07 Å². The van der Waals surface area contributed by atoms with E-state index >= 15 is 0 Å². The Morgan fingerprint density at radius 1 is 1.30 bits per heavy atom. The molecule has 1 aliphatic heterocycles. The number of amides is 2. The predicted octanol–water partition coefficient (Wildman–Crippen LogP) is 3.37. The molecule has 0 saturated carbocycles. The number of aryl methyl sites for hydroxylation is 1. The van der Waals surface area contributed by atoms with Gasteiger partial charge in [-0.2, -0.15) is 5.26 Å². The predicted molar refractivity (Wildman–Crippen MR) is 116 cm³/mol. The van der Waals surface area contributed by atoms with Crippen molar-refractivity contribution in [3.05, 3.63) is 64.5 Å². The quantitative estimate of drug-likeness (QED) is 0.613. The molecule has 2 heterocycles. The Morgan fingerprint density at radius 3 is 2.63 bits per heavy atom. The van der Waals surface area contributed by atoms with E-state index in [1.165, 1.54) is 4.90 Å². The average molecular weight is 405 g/mol. The molecule has 6 nitrogen and oxygen atoms in total. The van der Waals surface area contributed by atoms with Gasteiger partial charge < -0.3 is 14.8 Å². The first kappa shape index (κ1) is 21.4. The Kier molecular flexibility index (Phi) is 6.41. The largest absolute Gasteiger partial charge is 0.352 e. The molecule has 0 radical (unpaired) electrons. The fourth-order valence-electron chi connectivity index (χ4n) is 3.92. The number of nitrogens with zero attached hydrogens (tertiary/aromatic N) is 3. The van der Waals surface area contributed by atoms with Crippen LogP contribution in [0.25, 0.3) is 6.08 Å². The van der Waals surface area contributed by atoms with Crippen molar-refractivity contribution in [1.82, 2.24) is 14.8 Å². The number of hydrogen-bond donors (Lipinski definition) is 1. The Morgan fingerprint density at radius 2 is 2.00 bits per heavy atom. The molecule has 30 heavy (non-hydrogen) atoms. The molecule has 0 aliphatic carbocycles. The standard InChI is InChI=1S/C24H28N4O2/c1-16(2)15-28-17(3)12-20(18(28)4)13-21(14-25)24(30)27-11-10-26-23(29)22(27)19-8-6-5-7-9-19/h5-9,12-13,16,22H,10-11,15H2,1-4H3,(H,26,29)/b21-13-. The molecule has 0 spiro atoms. The molecule has 6 heteroatoms. The maximum atomic E-state index is 13.3. The van der Waals surface area contributed by atoms with E-state index in [1.54, 1.807) is 6.08 Å². The van der Waals surface area contributed by atoms with Crippen LogP contribution in [0.3, 0.4) is 0 Å². The van der Waals surface area contributed by atoms with E-state index < -0.39 is 11.9 Å². The van der Waals surface area contributed by atoms with Crippen LogP contribution in [-0.2, 0) is 16.1 Å². The summed E-state index contributed by atoms with van der Waals surface area (Å²) in [5, 5.41) is 12.6. The minimum absolute atomic E-state index is 0.0374. The number of aromatic nitrogens is 1. The van der Waals surface area contributed by atoms with Gasteiger partial charge in [0.25, 0.3) is 5.91 Å². The van der Waals surface area contributed by atoms with Crippen molar-refractivity contribution >= 4 is 17.9 Å². The molecule has 1 aromatic heterocycles. The molecular formula is C24H28N4O2. The van der Waals surface area contributed by atoms with Gasteiger partial charge in [0.05, 0.1) is 0 Å². The van der Waals surface area contributed by atoms with Crippen LogP contribution in [0.5, 0.6) is 0 Å². The smallest absolute Gasteiger partial charge is 0.265 e. The zero-order chi connectivity index (χ0) is 21.8. The second-order valence-corrected chi connectivity index (χ2v) is 8.10. The zero-order valence-corrected chi connectivity index (χ0v) is 18.0. The second kappa shape index (κ2) is 9.00. The van der Waals surface area contributed by atoms with E-state index in [9.17, 15) is 14.9 Å². The van der Waals surface area contributed by atoms with Gasteiger partial charge in [-0.25, -0.2) is 0 Å².